The molecule has 0 saturated heterocycles. The fourth-order valence-corrected chi connectivity index (χ4v) is 2.57. The minimum absolute atomic E-state index is 0.168. The smallest absolute Gasteiger partial charge is 0.331 e. The molecule has 0 aliphatic rings. The summed E-state index contributed by atoms with van der Waals surface area (Å²) < 4.78 is 0. The highest BCUT2D eigenvalue weighted by molar-refractivity contribution is 5.83. The second-order valence-corrected chi connectivity index (χ2v) is 6.10. The van der Waals surface area contributed by atoms with E-state index in [4.69, 9.17) is 0 Å². The summed E-state index contributed by atoms with van der Waals surface area (Å²) >= 11 is 0. The minimum atomic E-state index is -1.00. The first-order chi connectivity index (χ1) is 9.73. The van der Waals surface area contributed by atoms with Crippen molar-refractivity contribution in [2.75, 3.05) is 0 Å². The third-order valence-corrected chi connectivity index (χ3v) is 3.37. The largest absolute Gasteiger partial charge is 0.479 e. The van der Waals surface area contributed by atoms with E-state index >= 15 is 0 Å². The molecule has 0 radical (unpaired) electrons. The summed E-state index contributed by atoms with van der Waals surface area (Å²) in [5, 5.41) is 9.52. The zero-order chi connectivity index (χ0) is 16.2. The molecule has 1 rings (SSSR count). The maximum Gasteiger partial charge on any atom is 0.331 e. The van der Waals surface area contributed by atoms with E-state index in [9.17, 15) is 14.7 Å². The normalized spacial score (nSPS) is 12.5. The van der Waals surface area contributed by atoms with Crippen LogP contribution in [0.3, 0.4) is 0 Å². The van der Waals surface area contributed by atoms with Gasteiger partial charge in [-0.2, -0.15) is 0 Å². The van der Waals surface area contributed by atoms with Crippen LogP contribution in [0.1, 0.15) is 51.8 Å². The van der Waals surface area contributed by atoms with Gasteiger partial charge in [0.2, 0.25) is 5.91 Å². The third kappa shape index (κ3) is 4.59. The van der Waals surface area contributed by atoms with Crippen LogP contribution in [0.4, 0.5) is 0 Å². The van der Waals surface area contributed by atoms with Crippen LogP contribution in [0.2, 0.25) is 0 Å². The maximum absolute atomic E-state index is 11.8. The molecule has 0 aromatic heterocycles. The number of carbonyl (C=O) groups excluding carboxylic acids is 1. The van der Waals surface area contributed by atoms with Gasteiger partial charge in [0, 0.05) is 13.0 Å². The molecule has 0 aliphatic carbocycles. The molecule has 1 aromatic rings. The highest BCUT2D eigenvalue weighted by Crippen LogP contribution is 2.24. The van der Waals surface area contributed by atoms with Crippen LogP contribution < -0.4 is 0 Å². The van der Waals surface area contributed by atoms with E-state index in [2.05, 4.69) is 13.8 Å². The zero-order valence-electron chi connectivity index (χ0n) is 13.5. The number of carbonyl (C=O) groups is 2. The molecule has 21 heavy (non-hydrogen) atoms. The lowest BCUT2D eigenvalue weighted by Crippen LogP contribution is -2.42. The molecule has 1 aromatic carbocycles. The summed E-state index contributed by atoms with van der Waals surface area (Å²) in [6.45, 7) is 9.34. The van der Waals surface area contributed by atoms with Crippen molar-refractivity contribution in [1.29, 1.82) is 0 Å². The molecule has 0 spiro atoms. The second kappa shape index (κ2) is 7.25. The minimum Gasteiger partial charge on any atom is -0.479 e. The molecule has 0 saturated carbocycles. The number of benzene rings is 1. The Bertz CT molecular complexity index is 491. The fourth-order valence-electron chi connectivity index (χ4n) is 2.57. The van der Waals surface area contributed by atoms with Crippen molar-refractivity contribution < 1.29 is 14.7 Å². The first kappa shape index (κ1) is 17.2. The number of nitrogens with zero attached hydrogens (tertiary/aromatic N) is 1. The molecule has 1 N–H and O–H groups in total. The molecule has 1 unspecified atom stereocenters. The lowest BCUT2D eigenvalue weighted by Gasteiger charge is -2.32. The second-order valence-electron chi connectivity index (χ2n) is 6.10. The number of rotatable bonds is 6. The summed E-state index contributed by atoms with van der Waals surface area (Å²) in [5.74, 6) is -0.685. The zero-order valence-corrected chi connectivity index (χ0v) is 13.5. The van der Waals surface area contributed by atoms with Crippen molar-refractivity contribution in [3.05, 3.63) is 35.4 Å². The van der Waals surface area contributed by atoms with Crippen LogP contribution in [-0.2, 0) is 16.0 Å². The van der Waals surface area contributed by atoms with Crippen molar-refractivity contribution in [3.63, 3.8) is 0 Å². The van der Waals surface area contributed by atoms with Gasteiger partial charge in [0.25, 0.3) is 0 Å². The third-order valence-electron chi connectivity index (χ3n) is 3.37. The Balaban J connectivity index is 3.11. The van der Waals surface area contributed by atoms with Gasteiger partial charge < -0.3 is 10.0 Å². The summed E-state index contributed by atoms with van der Waals surface area (Å²) in [4.78, 5) is 24.8. The van der Waals surface area contributed by atoms with E-state index in [0.29, 0.717) is 11.5 Å². The Hall–Kier alpha value is -1.84. The molecular weight excluding hydrogens is 266 g/mol. The van der Waals surface area contributed by atoms with E-state index in [1.54, 1.807) is 0 Å². The van der Waals surface area contributed by atoms with Crippen molar-refractivity contribution in [2.24, 2.45) is 5.92 Å². The Kier molecular flexibility index (Phi) is 5.94. The molecule has 1 atom stereocenters. The molecule has 1 amide bonds. The van der Waals surface area contributed by atoms with Gasteiger partial charge in [-0.25, -0.2) is 4.79 Å². The molecule has 0 bridgehead atoms. The molecule has 4 nitrogen and oxygen atoms in total. The summed E-state index contributed by atoms with van der Waals surface area (Å²) in [6, 6.07) is 6.42. The Labute approximate surface area is 126 Å². The average Bonchev–Trinajstić information content (AvgIpc) is 2.34. The van der Waals surface area contributed by atoms with Crippen LogP contribution in [0.15, 0.2) is 24.3 Å². The number of aliphatic carboxylic acids is 1. The van der Waals surface area contributed by atoms with Crippen LogP contribution in [0.25, 0.3) is 0 Å². The first-order valence-electron chi connectivity index (χ1n) is 7.34. The number of carboxylic acid groups (broad SMARTS) is 1. The van der Waals surface area contributed by atoms with Gasteiger partial charge >= 0.3 is 5.97 Å². The molecule has 116 valence electrons. The molecular formula is C17H25NO3. The Morgan fingerprint density at radius 3 is 1.95 bits per heavy atom. The molecule has 0 heterocycles. The van der Waals surface area contributed by atoms with Gasteiger partial charge in [0.05, 0.1) is 0 Å². The predicted molar refractivity (Wildman–Crippen MR) is 83.0 cm³/mol. The van der Waals surface area contributed by atoms with E-state index in [-0.39, 0.29) is 11.9 Å². The maximum atomic E-state index is 11.8. The van der Waals surface area contributed by atoms with Crippen molar-refractivity contribution in [3.8, 4) is 0 Å². The van der Waals surface area contributed by atoms with Crippen LogP contribution >= 0.6 is 0 Å². The monoisotopic (exact) mass is 291 g/mol. The average molecular weight is 291 g/mol. The standard InChI is InChI=1S/C17H25NO3/c1-11(2)10-14-6-8-15(9-7-14)16(17(20)21)18(12(3)4)13(5)19/h6-9,11-12,16H,10H2,1-5H3,(H,20,21). The van der Waals surface area contributed by atoms with E-state index in [1.165, 1.54) is 17.4 Å². The molecule has 4 heteroatoms. The van der Waals surface area contributed by atoms with Gasteiger partial charge in [-0.3, -0.25) is 4.79 Å². The molecule has 0 fully saturated rings. The van der Waals surface area contributed by atoms with E-state index < -0.39 is 12.0 Å². The first-order valence-corrected chi connectivity index (χ1v) is 7.34. The number of amides is 1. The predicted octanol–water partition coefficient (Wildman–Crippen LogP) is 3.27. The van der Waals surface area contributed by atoms with E-state index in [0.717, 1.165) is 6.42 Å². The highest BCUT2D eigenvalue weighted by atomic mass is 16.4. The van der Waals surface area contributed by atoms with Crippen molar-refractivity contribution in [1.82, 2.24) is 4.90 Å². The quantitative estimate of drug-likeness (QED) is 0.875. The van der Waals surface area contributed by atoms with Gasteiger partial charge in [-0.15, -0.1) is 0 Å². The van der Waals surface area contributed by atoms with Crippen LogP contribution in [-0.4, -0.2) is 27.9 Å². The molecule has 0 aliphatic heterocycles. The number of hydrogen-bond donors (Lipinski definition) is 1. The van der Waals surface area contributed by atoms with Gasteiger partial charge in [-0.1, -0.05) is 38.1 Å². The Morgan fingerprint density at radius 2 is 1.62 bits per heavy atom. The van der Waals surface area contributed by atoms with Gasteiger partial charge in [0.1, 0.15) is 0 Å². The summed E-state index contributed by atoms with van der Waals surface area (Å²) in [7, 11) is 0. The van der Waals surface area contributed by atoms with Crippen LogP contribution in [0, 0.1) is 5.92 Å². The SMILES string of the molecule is CC(=O)N(C(C)C)C(C(=O)O)c1ccc(CC(C)C)cc1. The summed E-state index contributed by atoms with van der Waals surface area (Å²) in [5.41, 5.74) is 1.82. The van der Waals surface area contributed by atoms with Crippen LogP contribution in [0.5, 0.6) is 0 Å². The fraction of sp³-hybridized carbons (Fsp3) is 0.529. The number of carboxylic acids is 1. The summed E-state index contributed by atoms with van der Waals surface area (Å²) in [6.07, 6.45) is 0.957. The topological polar surface area (TPSA) is 57.6 Å². The van der Waals surface area contributed by atoms with Gasteiger partial charge in [-0.05, 0) is 37.3 Å². The lowest BCUT2D eigenvalue weighted by molar-refractivity contribution is -0.151. The number of hydrogen-bond acceptors (Lipinski definition) is 2. The van der Waals surface area contributed by atoms with Crippen molar-refractivity contribution >= 4 is 11.9 Å². The van der Waals surface area contributed by atoms with E-state index in [1.807, 2.05) is 38.1 Å². The van der Waals surface area contributed by atoms with Gasteiger partial charge in [0.15, 0.2) is 6.04 Å². The van der Waals surface area contributed by atoms with Crippen molar-refractivity contribution in [2.45, 2.75) is 53.1 Å². The Morgan fingerprint density at radius 1 is 1.10 bits per heavy atom. The lowest BCUT2D eigenvalue weighted by atomic mass is 9.98. The highest BCUT2D eigenvalue weighted by Gasteiger charge is 2.31.